The van der Waals surface area contributed by atoms with Crippen molar-refractivity contribution in [3.8, 4) is 17.2 Å². The van der Waals surface area contributed by atoms with Crippen LogP contribution in [0, 0.1) is 0 Å². The van der Waals surface area contributed by atoms with Gasteiger partial charge in [0.15, 0.2) is 11.5 Å². The molecular formula is C14H21NO4. The minimum absolute atomic E-state index is 0.224. The van der Waals surface area contributed by atoms with E-state index in [-0.39, 0.29) is 12.3 Å². The zero-order chi connectivity index (χ0) is 14.0. The van der Waals surface area contributed by atoms with E-state index in [1.165, 1.54) is 0 Å². The van der Waals surface area contributed by atoms with E-state index >= 15 is 0 Å². The molecule has 0 saturated heterocycles. The predicted molar refractivity (Wildman–Crippen MR) is 71.7 cm³/mol. The molecule has 1 aromatic carbocycles. The summed E-state index contributed by atoms with van der Waals surface area (Å²) < 4.78 is 16.0. The molecule has 1 aliphatic heterocycles. The highest BCUT2D eigenvalue weighted by molar-refractivity contribution is 5.55. The summed E-state index contributed by atoms with van der Waals surface area (Å²) in [5.74, 6) is 2.02. The summed E-state index contributed by atoms with van der Waals surface area (Å²) >= 11 is 0. The van der Waals surface area contributed by atoms with E-state index in [2.05, 4.69) is 5.32 Å². The SMILES string of the molecule is COc1cc(CNC(C)(C)C(C)O)cc2c1OCO2. The lowest BCUT2D eigenvalue weighted by Crippen LogP contribution is -2.47. The zero-order valence-corrected chi connectivity index (χ0v) is 11.8. The average Bonchev–Trinajstić information content (AvgIpc) is 2.83. The molecule has 0 aromatic heterocycles. The second kappa shape index (κ2) is 5.27. The van der Waals surface area contributed by atoms with E-state index in [0.29, 0.717) is 23.8 Å². The lowest BCUT2D eigenvalue weighted by Gasteiger charge is -2.29. The Balaban J connectivity index is 2.14. The molecule has 1 aromatic rings. The van der Waals surface area contributed by atoms with Gasteiger partial charge < -0.3 is 24.6 Å². The van der Waals surface area contributed by atoms with Crippen molar-refractivity contribution in [3.05, 3.63) is 17.7 Å². The van der Waals surface area contributed by atoms with Gasteiger partial charge in [-0.2, -0.15) is 0 Å². The molecule has 0 aliphatic carbocycles. The van der Waals surface area contributed by atoms with Crippen LogP contribution in [0.3, 0.4) is 0 Å². The molecule has 0 amide bonds. The highest BCUT2D eigenvalue weighted by atomic mass is 16.7. The Morgan fingerprint density at radius 1 is 1.42 bits per heavy atom. The molecule has 1 atom stereocenters. The van der Waals surface area contributed by atoms with Crippen molar-refractivity contribution in [2.24, 2.45) is 0 Å². The summed E-state index contributed by atoms with van der Waals surface area (Å²) in [5.41, 5.74) is 0.665. The van der Waals surface area contributed by atoms with Crippen LogP contribution in [0.4, 0.5) is 0 Å². The van der Waals surface area contributed by atoms with Crippen LogP contribution in [0.1, 0.15) is 26.3 Å². The van der Waals surface area contributed by atoms with E-state index in [1.54, 1.807) is 14.0 Å². The van der Waals surface area contributed by atoms with E-state index in [9.17, 15) is 5.11 Å². The number of hydrogen-bond donors (Lipinski definition) is 2. The minimum atomic E-state index is -0.441. The standard InChI is InChI=1S/C14H21NO4/c1-9(16)14(2,3)15-7-10-5-11(17-4)13-12(6-10)18-8-19-13/h5-6,9,15-16H,7-8H2,1-4H3. The Labute approximate surface area is 113 Å². The average molecular weight is 267 g/mol. The van der Waals surface area contributed by atoms with Gasteiger partial charge in [-0.05, 0) is 38.5 Å². The highest BCUT2D eigenvalue weighted by Gasteiger charge is 2.24. The maximum Gasteiger partial charge on any atom is 0.231 e. The molecular weight excluding hydrogens is 246 g/mol. The van der Waals surface area contributed by atoms with Gasteiger partial charge >= 0.3 is 0 Å². The van der Waals surface area contributed by atoms with Crippen molar-refractivity contribution < 1.29 is 19.3 Å². The number of benzene rings is 1. The van der Waals surface area contributed by atoms with Gasteiger partial charge in [0, 0.05) is 12.1 Å². The maximum absolute atomic E-state index is 9.68. The topological polar surface area (TPSA) is 60.0 Å². The number of fused-ring (bicyclic) bond motifs is 1. The van der Waals surface area contributed by atoms with Crippen LogP contribution < -0.4 is 19.5 Å². The largest absolute Gasteiger partial charge is 0.493 e. The second-order valence-corrected chi connectivity index (χ2v) is 5.28. The fourth-order valence-corrected chi connectivity index (χ4v) is 1.76. The Kier molecular flexibility index (Phi) is 3.87. The second-order valence-electron chi connectivity index (χ2n) is 5.28. The zero-order valence-electron chi connectivity index (χ0n) is 11.8. The van der Waals surface area contributed by atoms with E-state index in [4.69, 9.17) is 14.2 Å². The lowest BCUT2D eigenvalue weighted by atomic mass is 9.98. The molecule has 106 valence electrons. The van der Waals surface area contributed by atoms with Gasteiger partial charge in [0.05, 0.1) is 13.2 Å². The van der Waals surface area contributed by atoms with Gasteiger partial charge in [-0.1, -0.05) is 0 Å². The molecule has 5 heteroatoms. The first-order chi connectivity index (χ1) is 8.94. The number of aliphatic hydroxyl groups is 1. The van der Waals surface area contributed by atoms with Crippen LogP contribution in [0.2, 0.25) is 0 Å². The Morgan fingerprint density at radius 3 is 2.79 bits per heavy atom. The van der Waals surface area contributed by atoms with Gasteiger partial charge in [-0.15, -0.1) is 0 Å². The first kappa shape index (κ1) is 14.0. The van der Waals surface area contributed by atoms with Crippen LogP contribution >= 0.6 is 0 Å². The van der Waals surface area contributed by atoms with Crippen LogP contribution in [0.25, 0.3) is 0 Å². The minimum Gasteiger partial charge on any atom is -0.493 e. The third-order valence-electron chi connectivity index (χ3n) is 3.51. The predicted octanol–water partition coefficient (Wildman–Crippen LogP) is 1.67. The van der Waals surface area contributed by atoms with E-state index in [1.807, 2.05) is 26.0 Å². The van der Waals surface area contributed by atoms with E-state index < -0.39 is 6.10 Å². The number of methoxy groups -OCH3 is 1. The van der Waals surface area contributed by atoms with E-state index in [0.717, 1.165) is 5.56 Å². The fourth-order valence-electron chi connectivity index (χ4n) is 1.76. The van der Waals surface area contributed by atoms with Gasteiger partial charge in [-0.3, -0.25) is 0 Å². The summed E-state index contributed by atoms with van der Waals surface area (Å²) in [4.78, 5) is 0. The first-order valence-electron chi connectivity index (χ1n) is 6.33. The molecule has 5 nitrogen and oxygen atoms in total. The van der Waals surface area contributed by atoms with Crippen molar-refractivity contribution in [1.29, 1.82) is 0 Å². The number of rotatable bonds is 5. The van der Waals surface area contributed by atoms with Crippen molar-refractivity contribution in [3.63, 3.8) is 0 Å². The molecule has 1 aliphatic rings. The molecule has 0 bridgehead atoms. The molecule has 0 radical (unpaired) electrons. The normalized spacial score (nSPS) is 15.4. The summed E-state index contributed by atoms with van der Waals surface area (Å²) in [6.07, 6.45) is -0.441. The molecule has 0 saturated carbocycles. The van der Waals surface area contributed by atoms with Crippen molar-refractivity contribution in [2.45, 2.75) is 39.0 Å². The van der Waals surface area contributed by atoms with Crippen LogP contribution in [-0.2, 0) is 6.54 Å². The van der Waals surface area contributed by atoms with Crippen LogP contribution in [-0.4, -0.2) is 30.7 Å². The highest BCUT2D eigenvalue weighted by Crippen LogP contribution is 2.41. The maximum atomic E-state index is 9.68. The molecule has 1 heterocycles. The molecule has 2 N–H and O–H groups in total. The molecule has 0 spiro atoms. The Morgan fingerprint density at radius 2 is 2.16 bits per heavy atom. The smallest absolute Gasteiger partial charge is 0.231 e. The van der Waals surface area contributed by atoms with Crippen molar-refractivity contribution in [2.75, 3.05) is 13.9 Å². The summed E-state index contributed by atoms with van der Waals surface area (Å²) in [5, 5.41) is 13.0. The summed E-state index contributed by atoms with van der Waals surface area (Å²) in [6, 6.07) is 3.84. The van der Waals surface area contributed by atoms with Gasteiger partial charge in [-0.25, -0.2) is 0 Å². The Bertz CT molecular complexity index is 457. The number of nitrogens with one attached hydrogen (secondary N) is 1. The Hall–Kier alpha value is -1.46. The first-order valence-corrected chi connectivity index (χ1v) is 6.33. The van der Waals surface area contributed by atoms with Gasteiger partial charge in [0.25, 0.3) is 0 Å². The van der Waals surface area contributed by atoms with Gasteiger partial charge in [0.2, 0.25) is 12.5 Å². The van der Waals surface area contributed by atoms with Crippen LogP contribution in [0.5, 0.6) is 17.2 Å². The third kappa shape index (κ3) is 2.93. The molecule has 1 unspecified atom stereocenters. The van der Waals surface area contributed by atoms with Gasteiger partial charge in [0.1, 0.15) is 0 Å². The molecule has 2 rings (SSSR count). The quantitative estimate of drug-likeness (QED) is 0.850. The monoisotopic (exact) mass is 267 g/mol. The molecule has 19 heavy (non-hydrogen) atoms. The summed E-state index contributed by atoms with van der Waals surface area (Å²) in [7, 11) is 1.61. The van der Waals surface area contributed by atoms with Crippen molar-refractivity contribution >= 4 is 0 Å². The number of aliphatic hydroxyl groups excluding tert-OH is 1. The lowest BCUT2D eigenvalue weighted by molar-refractivity contribution is 0.0956. The fraction of sp³-hybridized carbons (Fsp3) is 0.571. The van der Waals surface area contributed by atoms with Crippen molar-refractivity contribution in [1.82, 2.24) is 5.32 Å². The summed E-state index contributed by atoms with van der Waals surface area (Å²) in [6.45, 7) is 6.53. The number of ether oxygens (including phenoxy) is 3. The third-order valence-corrected chi connectivity index (χ3v) is 3.51. The van der Waals surface area contributed by atoms with Crippen LogP contribution in [0.15, 0.2) is 12.1 Å². The number of hydrogen-bond acceptors (Lipinski definition) is 5. The molecule has 0 fully saturated rings.